The van der Waals surface area contributed by atoms with Gasteiger partial charge in [-0.2, -0.15) is 0 Å². The van der Waals surface area contributed by atoms with E-state index in [1.54, 1.807) is 6.07 Å². The van der Waals surface area contributed by atoms with E-state index >= 15 is 0 Å². The van der Waals surface area contributed by atoms with Crippen LogP contribution >= 0.6 is 0 Å². The molecule has 1 rings (SSSR count). The van der Waals surface area contributed by atoms with Gasteiger partial charge in [0.1, 0.15) is 5.82 Å². The lowest BCUT2D eigenvalue weighted by molar-refractivity contribution is -0.118. The molecule has 1 aromatic carbocycles. The van der Waals surface area contributed by atoms with E-state index in [-0.39, 0.29) is 30.9 Å². The number of carbonyl (C=O) groups excluding carboxylic acids is 1. The van der Waals surface area contributed by atoms with Gasteiger partial charge in [0, 0.05) is 18.3 Å². The third-order valence-electron chi connectivity index (χ3n) is 3.67. The summed E-state index contributed by atoms with van der Waals surface area (Å²) >= 11 is 0. The topological polar surface area (TPSA) is 52.6 Å². The van der Waals surface area contributed by atoms with Crippen LogP contribution in [0.25, 0.3) is 0 Å². The molecule has 4 nitrogen and oxygen atoms in total. The minimum Gasteiger partial charge on any atom is -0.395 e. The molecule has 0 bridgehead atoms. The van der Waals surface area contributed by atoms with E-state index < -0.39 is 0 Å². The third-order valence-corrected chi connectivity index (χ3v) is 3.67. The number of nitrogens with one attached hydrogen (secondary N) is 1. The van der Waals surface area contributed by atoms with Gasteiger partial charge in [0.05, 0.1) is 13.2 Å². The minimum absolute atomic E-state index is 0.0166. The SMILES string of the molecule is CCC(CC)N(CCO)CC(=O)Nc1cc(F)ccc1C. The highest BCUT2D eigenvalue weighted by Crippen LogP contribution is 2.16. The number of hydrogen-bond donors (Lipinski definition) is 2. The Balaban J connectivity index is 2.71. The number of aryl methyl sites for hydroxylation is 1. The standard InChI is InChI=1S/C16H25FN2O2/c1-4-14(5-2)19(8-9-20)11-16(21)18-15-10-13(17)7-6-12(15)3/h6-7,10,14,20H,4-5,8-9,11H2,1-3H3,(H,18,21). The van der Waals surface area contributed by atoms with Gasteiger partial charge in [0.25, 0.3) is 0 Å². The summed E-state index contributed by atoms with van der Waals surface area (Å²) in [7, 11) is 0. The summed E-state index contributed by atoms with van der Waals surface area (Å²) in [5.74, 6) is -0.563. The quantitative estimate of drug-likeness (QED) is 0.775. The first kappa shape index (κ1) is 17.6. The Bertz CT molecular complexity index is 462. The molecule has 0 aromatic heterocycles. The zero-order valence-corrected chi connectivity index (χ0v) is 13.0. The van der Waals surface area contributed by atoms with Crippen LogP contribution in [0.1, 0.15) is 32.3 Å². The second-order valence-corrected chi connectivity index (χ2v) is 5.17. The zero-order valence-electron chi connectivity index (χ0n) is 13.0. The van der Waals surface area contributed by atoms with Gasteiger partial charge in [0.15, 0.2) is 0 Å². The summed E-state index contributed by atoms with van der Waals surface area (Å²) in [4.78, 5) is 14.1. The van der Waals surface area contributed by atoms with Crippen molar-refractivity contribution >= 4 is 11.6 Å². The van der Waals surface area contributed by atoms with Crippen LogP contribution in [-0.2, 0) is 4.79 Å². The van der Waals surface area contributed by atoms with Crippen LogP contribution in [0.5, 0.6) is 0 Å². The van der Waals surface area contributed by atoms with Gasteiger partial charge >= 0.3 is 0 Å². The molecule has 0 heterocycles. The number of nitrogens with zero attached hydrogens (tertiary/aromatic N) is 1. The summed E-state index contributed by atoms with van der Waals surface area (Å²) < 4.78 is 13.2. The van der Waals surface area contributed by atoms with E-state index in [2.05, 4.69) is 19.2 Å². The highest BCUT2D eigenvalue weighted by atomic mass is 19.1. The number of hydrogen-bond acceptors (Lipinski definition) is 3. The minimum atomic E-state index is -0.372. The molecule has 21 heavy (non-hydrogen) atoms. The summed E-state index contributed by atoms with van der Waals surface area (Å²) in [6.45, 7) is 6.62. The summed E-state index contributed by atoms with van der Waals surface area (Å²) in [5, 5.41) is 11.9. The molecule has 1 amide bonds. The number of anilines is 1. The highest BCUT2D eigenvalue weighted by Gasteiger charge is 2.18. The second-order valence-electron chi connectivity index (χ2n) is 5.17. The zero-order chi connectivity index (χ0) is 15.8. The maximum atomic E-state index is 13.2. The molecule has 0 aliphatic carbocycles. The van der Waals surface area contributed by atoms with Crippen LogP contribution in [0.15, 0.2) is 18.2 Å². The molecule has 2 N–H and O–H groups in total. The molecule has 0 unspecified atom stereocenters. The Morgan fingerprint density at radius 2 is 2.05 bits per heavy atom. The lowest BCUT2D eigenvalue weighted by Gasteiger charge is -2.29. The van der Waals surface area contributed by atoms with Gasteiger partial charge in [-0.25, -0.2) is 4.39 Å². The summed E-state index contributed by atoms with van der Waals surface area (Å²) in [6.07, 6.45) is 1.84. The highest BCUT2D eigenvalue weighted by molar-refractivity contribution is 5.93. The van der Waals surface area contributed by atoms with Crippen molar-refractivity contribution in [1.29, 1.82) is 0 Å². The first-order valence-corrected chi connectivity index (χ1v) is 7.42. The molecule has 0 atom stereocenters. The van der Waals surface area contributed by atoms with Crippen LogP contribution in [-0.4, -0.2) is 41.7 Å². The van der Waals surface area contributed by atoms with E-state index in [0.717, 1.165) is 18.4 Å². The van der Waals surface area contributed by atoms with Crippen molar-refractivity contribution in [1.82, 2.24) is 4.90 Å². The molecule has 118 valence electrons. The summed E-state index contributed by atoms with van der Waals surface area (Å²) in [5.41, 5.74) is 1.31. The second kappa shape index (κ2) is 8.74. The van der Waals surface area contributed by atoms with Gasteiger partial charge in [0.2, 0.25) is 5.91 Å². The first-order valence-electron chi connectivity index (χ1n) is 7.42. The molecule has 0 saturated heterocycles. The van der Waals surface area contributed by atoms with Gasteiger partial charge < -0.3 is 10.4 Å². The Hall–Kier alpha value is -1.46. The van der Waals surface area contributed by atoms with Gasteiger partial charge in [-0.3, -0.25) is 9.69 Å². The predicted molar refractivity (Wildman–Crippen MR) is 82.8 cm³/mol. The van der Waals surface area contributed by atoms with Crippen molar-refractivity contribution in [3.8, 4) is 0 Å². The number of aliphatic hydroxyl groups is 1. The Labute approximate surface area is 126 Å². The van der Waals surface area contributed by atoms with Crippen LogP contribution in [0.3, 0.4) is 0 Å². The van der Waals surface area contributed by atoms with Crippen LogP contribution < -0.4 is 5.32 Å². The molecule has 0 aliphatic rings. The van der Waals surface area contributed by atoms with Crippen molar-refractivity contribution in [3.05, 3.63) is 29.6 Å². The Morgan fingerprint density at radius 1 is 1.38 bits per heavy atom. The number of halogens is 1. The number of carbonyl (C=O) groups is 1. The number of rotatable bonds is 8. The van der Waals surface area contributed by atoms with Crippen LogP contribution in [0.4, 0.5) is 10.1 Å². The fourth-order valence-corrected chi connectivity index (χ4v) is 2.43. The smallest absolute Gasteiger partial charge is 0.238 e. The molecule has 0 spiro atoms. The molecular weight excluding hydrogens is 271 g/mol. The predicted octanol–water partition coefficient (Wildman–Crippen LogP) is 2.56. The molecule has 0 aliphatic heterocycles. The summed E-state index contributed by atoms with van der Waals surface area (Å²) in [6, 6.07) is 4.59. The van der Waals surface area contributed by atoms with E-state index in [1.165, 1.54) is 12.1 Å². The number of benzene rings is 1. The van der Waals surface area contributed by atoms with Crippen molar-refractivity contribution in [2.45, 2.75) is 39.7 Å². The molecular formula is C16H25FN2O2. The fraction of sp³-hybridized carbons (Fsp3) is 0.562. The monoisotopic (exact) mass is 296 g/mol. The van der Waals surface area contributed by atoms with E-state index in [1.807, 2.05) is 11.8 Å². The van der Waals surface area contributed by atoms with Crippen molar-refractivity contribution < 1.29 is 14.3 Å². The van der Waals surface area contributed by atoms with Crippen LogP contribution in [0.2, 0.25) is 0 Å². The largest absolute Gasteiger partial charge is 0.395 e. The van der Waals surface area contributed by atoms with Crippen molar-refractivity contribution in [3.63, 3.8) is 0 Å². The van der Waals surface area contributed by atoms with Crippen molar-refractivity contribution in [2.75, 3.05) is 25.0 Å². The Kier molecular flexibility index (Phi) is 7.32. The van der Waals surface area contributed by atoms with Gasteiger partial charge in [-0.15, -0.1) is 0 Å². The third kappa shape index (κ3) is 5.44. The molecule has 0 saturated carbocycles. The average molecular weight is 296 g/mol. The van der Waals surface area contributed by atoms with Crippen LogP contribution in [0, 0.1) is 12.7 Å². The molecule has 5 heteroatoms. The molecule has 0 radical (unpaired) electrons. The number of amides is 1. The van der Waals surface area contributed by atoms with Gasteiger partial charge in [-0.05, 0) is 37.5 Å². The lowest BCUT2D eigenvalue weighted by atomic mass is 10.1. The Morgan fingerprint density at radius 3 is 2.62 bits per heavy atom. The first-order chi connectivity index (χ1) is 10.0. The fourth-order valence-electron chi connectivity index (χ4n) is 2.43. The van der Waals surface area contributed by atoms with Crippen molar-refractivity contribution in [2.24, 2.45) is 0 Å². The molecule has 0 fully saturated rings. The van der Waals surface area contributed by atoms with E-state index in [0.29, 0.717) is 12.2 Å². The maximum absolute atomic E-state index is 13.2. The van der Waals surface area contributed by atoms with Gasteiger partial charge in [-0.1, -0.05) is 19.9 Å². The maximum Gasteiger partial charge on any atom is 0.238 e. The average Bonchev–Trinajstić information content (AvgIpc) is 2.44. The number of aliphatic hydroxyl groups excluding tert-OH is 1. The normalized spacial score (nSPS) is 11.2. The van der Waals surface area contributed by atoms with E-state index in [4.69, 9.17) is 5.11 Å². The van der Waals surface area contributed by atoms with E-state index in [9.17, 15) is 9.18 Å². The molecule has 1 aromatic rings. The lowest BCUT2D eigenvalue weighted by Crippen LogP contribution is -2.42.